The van der Waals surface area contributed by atoms with E-state index in [1.807, 2.05) is 11.4 Å². The fourth-order valence-electron chi connectivity index (χ4n) is 2.06. The number of ketones is 1. The molecule has 0 amide bonds. The van der Waals surface area contributed by atoms with Crippen LogP contribution in [0.1, 0.15) is 35.4 Å². The lowest BCUT2D eigenvalue weighted by molar-refractivity contribution is -0.0704. The van der Waals surface area contributed by atoms with Crippen molar-refractivity contribution in [3.8, 4) is 5.75 Å². The Hall–Kier alpha value is -0.870. The molecule has 0 saturated heterocycles. The summed E-state index contributed by atoms with van der Waals surface area (Å²) in [5.74, 6) is 0.814. The van der Waals surface area contributed by atoms with Crippen LogP contribution in [0.3, 0.4) is 0 Å². The normalized spacial score (nSPS) is 17.9. The third-order valence-corrected chi connectivity index (χ3v) is 4.22. The average molecular weight is 240 g/mol. The second kappa shape index (κ2) is 4.55. The van der Waals surface area contributed by atoms with E-state index >= 15 is 0 Å². The van der Waals surface area contributed by atoms with Gasteiger partial charge in [-0.05, 0) is 30.7 Å². The van der Waals surface area contributed by atoms with Gasteiger partial charge in [0.05, 0.1) is 12.7 Å². The zero-order valence-electron chi connectivity index (χ0n) is 9.62. The molecule has 1 aliphatic rings. The van der Waals surface area contributed by atoms with Crippen molar-refractivity contribution in [3.63, 3.8) is 0 Å². The first kappa shape index (κ1) is 11.6. The average Bonchev–Trinajstić information content (AvgIpc) is 2.71. The number of carbonyl (C=O) groups excluding carboxylic acids is 1. The summed E-state index contributed by atoms with van der Waals surface area (Å²) in [7, 11) is 3.28. The highest BCUT2D eigenvalue weighted by molar-refractivity contribution is 7.12. The Bertz CT molecular complexity index is 374. The Balaban J connectivity index is 2.08. The highest BCUT2D eigenvalue weighted by atomic mass is 32.1. The number of hydrogen-bond donors (Lipinski definition) is 0. The number of carbonyl (C=O) groups is 1. The molecular weight excluding hydrogens is 224 g/mol. The number of thiophene rings is 1. The van der Waals surface area contributed by atoms with Crippen molar-refractivity contribution in [1.82, 2.24) is 0 Å². The van der Waals surface area contributed by atoms with E-state index in [9.17, 15) is 4.79 Å². The van der Waals surface area contributed by atoms with Gasteiger partial charge in [-0.15, -0.1) is 11.3 Å². The van der Waals surface area contributed by atoms with Gasteiger partial charge in [0, 0.05) is 13.5 Å². The van der Waals surface area contributed by atoms with Crippen LogP contribution in [0, 0.1) is 0 Å². The molecule has 1 heterocycles. The van der Waals surface area contributed by atoms with Crippen LogP contribution in [0.25, 0.3) is 0 Å². The zero-order chi connectivity index (χ0) is 11.6. The van der Waals surface area contributed by atoms with Crippen LogP contribution >= 0.6 is 11.3 Å². The van der Waals surface area contributed by atoms with Crippen LogP contribution < -0.4 is 4.74 Å². The summed E-state index contributed by atoms with van der Waals surface area (Å²) < 4.78 is 10.6. The molecule has 0 N–H and O–H groups in total. The summed E-state index contributed by atoms with van der Waals surface area (Å²) in [6.07, 6.45) is 3.61. The van der Waals surface area contributed by atoms with Crippen molar-refractivity contribution < 1.29 is 14.3 Å². The maximum atomic E-state index is 12.1. The Morgan fingerprint density at radius 3 is 2.75 bits per heavy atom. The summed E-state index contributed by atoms with van der Waals surface area (Å²) in [5.41, 5.74) is -0.202. The molecule has 0 aromatic carbocycles. The van der Waals surface area contributed by atoms with Crippen LogP contribution in [-0.4, -0.2) is 25.6 Å². The summed E-state index contributed by atoms with van der Waals surface area (Å²) in [4.78, 5) is 12.8. The fraction of sp³-hybridized carbons (Fsp3) is 0.583. The highest BCUT2D eigenvalue weighted by Gasteiger charge is 2.39. The third-order valence-electron chi connectivity index (χ3n) is 3.28. The molecule has 0 bridgehead atoms. The number of methoxy groups -OCH3 is 2. The van der Waals surface area contributed by atoms with Gasteiger partial charge in [-0.3, -0.25) is 4.79 Å². The van der Waals surface area contributed by atoms with Gasteiger partial charge < -0.3 is 9.47 Å². The fourth-order valence-corrected chi connectivity index (χ4v) is 2.86. The van der Waals surface area contributed by atoms with E-state index in [4.69, 9.17) is 9.47 Å². The van der Waals surface area contributed by atoms with Gasteiger partial charge >= 0.3 is 0 Å². The number of ether oxygens (including phenoxy) is 2. The molecule has 0 unspecified atom stereocenters. The molecule has 2 rings (SSSR count). The minimum atomic E-state index is -0.202. The van der Waals surface area contributed by atoms with Crippen molar-refractivity contribution >= 4 is 17.1 Å². The lowest BCUT2D eigenvalue weighted by Gasteiger charge is -2.39. The van der Waals surface area contributed by atoms with E-state index in [0.717, 1.165) is 19.3 Å². The number of rotatable bonds is 5. The van der Waals surface area contributed by atoms with Crippen LogP contribution in [0.15, 0.2) is 11.4 Å². The van der Waals surface area contributed by atoms with Gasteiger partial charge in [0.1, 0.15) is 10.6 Å². The van der Waals surface area contributed by atoms with E-state index in [2.05, 4.69) is 0 Å². The molecule has 0 atom stereocenters. The predicted molar refractivity (Wildman–Crippen MR) is 63.4 cm³/mol. The van der Waals surface area contributed by atoms with Crippen molar-refractivity contribution in [3.05, 3.63) is 16.3 Å². The quantitative estimate of drug-likeness (QED) is 0.742. The summed E-state index contributed by atoms with van der Waals surface area (Å²) >= 11 is 1.44. The van der Waals surface area contributed by atoms with Crippen LogP contribution in [0.5, 0.6) is 5.75 Å². The lowest BCUT2D eigenvalue weighted by atomic mass is 9.76. The van der Waals surface area contributed by atoms with Gasteiger partial charge in [0.2, 0.25) is 0 Å². The molecule has 1 fully saturated rings. The molecule has 1 aromatic heterocycles. The molecule has 0 spiro atoms. The molecule has 0 radical (unpaired) electrons. The van der Waals surface area contributed by atoms with Gasteiger partial charge in [0.25, 0.3) is 0 Å². The molecule has 1 saturated carbocycles. The van der Waals surface area contributed by atoms with Gasteiger partial charge in [0.15, 0.2) is 5.78 Å². The molecule has 4 heteroatoms. The van der Waals surface area contributed by atoms with E-state index in [1.54, 1.807) is 14.2 Å². The highest BCUT2D eigenvalue weighted by Crippen LogP contribution is 2.40. The van der Waals surface area contributed by atoms with Gasteiger partial charge in [-0.2, -0.15) is 0 Å². The first-order valence-electron chi connectivity index (χ1n) is 5.40. The monoisotopic (exact) mass is 240 g/mol. The van der Waals surface area contributed by atoms with Crippen LogP contribution in [0.4, 0.5) is 0 Å². The van der Waals surface area contributed by atoms with Gasteiger partial charge in [-0.25, -0.2) is 0 Å². The van der Waals surface area contributed by atoms with E-state index < -0.39 is 0 Å². The summed E-state index contributed by atoms with van der Waals surface area (Å²) in [6, 6.07) is 1.83. The van der Waals surface area contributed by atoms with Crippen molar-refractivity contribution in [2.75, 3.05) is 14.2 Å². The SMILES string of the molecule is COc1ccsc1C(=O)CC1(OC)CCC1. The second-order valence-electron chi connectivity index (χ2n) is 4.16. The largest absolute Gasteiger partial charge is 0.495 e. The van der Waals surface area contributed by atoms with E-state index in [1.165, 1.54) is 11.3 Å². The molecule has 3 nitrogen and oxygen atoms in total. The molecule has 16 heavy (non-hydrogen) atoms. The molecule has 1 aliphatic carbocycles. The van der Waals surface area contributed by atoms with E-state index in [0.29, 0.717) is 17.0 Å². The zero-order valence-corrected chi connectivity index (χ0v) is 10.4. The van der Waals surface area contributed by atoms with Crippen LogP contribution in [0.2, 0.25) is 0 Å². The molecule has 88 valence electrons. The summed E-state index contributed by atoms with van der Waals surface area (Å²) in [6.45, 7) is 0. The van der Waals surface area contributed by atoms with Gasteiger partial charge in [-0.1, -0.05) is 0 Å². The summed E-state index contributed by atoms with van der Waals surface area (Å²) in [5, 5.41) is 1.88. The Labute approximate surface area is 99.4 Å². The minimum Gasteiger partial charge on any atom is -0.495 e. The molecular formula is C12H16O3S. The Morgan fingerprint density at radius 2 is 2.25 bits per heavy atom. The standard InChI is InChI=1S/C12H16O3S/c1-14-10-4-7-16-11(10)9(13)8-12(15-2)5-3-6-12/h4,7H,3,5-6,8H2,1-2H3. The van der Waals surface area contributed by atoms with Crippen LogP contribution in [-0.2, 0) is 4.74 Å². The third kappa shape index (κ3) is 1.99. The van der Waals surface area contributed by atoms with Crippen molar-refractivity contribution in [1.29, 1.82) is 0 Å². The number of Topliss-reactive ketones (excluding diaryl/α,β-unsaturated/α-hetero) is 1. The topological polar surface area (TPSA) is 35.5 Å². The second-order valence-corrected chi connectivity index (χ2v) is 5.07. The first-order chi connectivity index (χ1) is 7.71. The first-order valence-corrected chi connectivity index (χ1v) is 6.28. The lowest BCUT2D eigenvalue weighted by Crippen LogP contribution is -2.41. The van der Waals surface area contributed by atoms with E-state index in [-0.39, 0.29) is 11.4 Å². The Kier molecular flexibility index (Phi) is 3.30. The minimum absolute atomic E-state index is 0.133. The maximum Gasteiger partial charge on any atom is 0.179 e. The smallest absolute Gasteiger partial charge is 0.179 e. The molecule has 0 aliphatic heterocycles. The van der Waals surface area contributed by atoms with Crippen molar-refractivity contribution in [2.45, 2.75) is 31.3 Å². The maximum absolute atomic E-state index is 12.1. The number of hydrogen-bond acceptors (Lipinski definition) is 4. The predicted octanol–water partition coefficient (Wildman–Crippen LogP) is 2.90. The van der Waals surface area contributed by atoms with Crippen molar-refractivity contribution in [2.24, 2.45) is 0 Å². The Morgan fingerprint density at radius 1 is 1.50 bits per heavy atom. The molecule has 1 aromatic rings.